The molecule has 0 fully saturated rings. The van der Waals surface area contributed by atoms with Crippen LogP contribution in [0.15, 0.2) is 24.3 Å². The summed E-state index contributed by atoms with van der Waals surface area (Å²) >= 11 is 0. The van der Waals surface area contributed by atoms with E-state index in [1.807, 2.05) is 6.07 Å². The Balaban J connectivity index is 2.29. The molecule has 0 unspecified atom stereocenters. The molecule has 1 heterocycles. The van der Waals surface area contributed by atoms with Crippen LogP contribution in [0.3, 0.4) is 0 Å². The summed E-state index contributed by atoms with van der Waals surface area (Å²) in [6.07, 6.45) is 3.51. The van der Waals surface area contributed by atoms with Gasteiger partial charge in [-0.25, -0.2) is 4.98 Å². The Morgan fingerprint density at radius 1 is 1.31 bits per heavy atom. The van der Waals surface area contributed by atoms with Gasteiger partial charge in [0.2, 0.25) is 5.52 Å². The molecule has 1 atom stereocenters. The van der Waals surface area contributed by atoms with Crippen LogP contribution in [0.1, 0.15) is 24.6 Å². The second kappa shape index (κ2) is 3.48. The molecule has 1 aliphatic carbocycles. The van der Waals surface area contributed by atoms with E-state index in [0.29, 0.717) is 0 Å². The molecule has 0 saturated heterocycles. The molecule has 2 heteroatoms. The molecule has 0 radical (unpaired) electrons. The van der Waals surface area contributed by atoms with Gasteiger partial charge in [-0.05, 0) is 24.8 Å². The number of nitrogens with one attached hydrogen (secondary N) is 1. The van der Waals surface area contributed by atoms with Crippen molar-refractivity contribution in [2.24, 2.45) is 5.92 Å². The smallest absolute Gasteiger partial charge is 0.213 e. The van der Waals surface area contributed by atoms with E-state index in [2.05, 4.69) is 30.1 Å². The molecule has 0 aliphatic heterocycles. The van der Waals surface area contributed by atoms with E-state index in [-0.39, 0.29) is 0 Å². The molecule has 1 aromatic carbocycles. The standard InChI is InChI=1S/C14H16N2/c1-9-6-7-13-11(8-9)14(15)10-4-2-3-5-12(10)16-13/h2-5,9H,6-8H2,1H3,(H2,15,16)/p+1/t9-/m1/s1. The number of aromatic amines is 1. The minimum absolute atomic E-state index is 0.754. The number of fused-ring (bicyclic) bond motifs is 2. The highest BCUT2D eigenvalue weighted by Crippen LogP contribution is 2.30. The molecule has 0 spiro atoms. The van der Waals surface area contributed by atoms with Crippen molar-refractivity contribution in [1.82, 2.24) is 0 Å². The van der Waals surface area contributed by atoms with E-state index >= 15 is 0 Å². The zero-order chi connectivity index (χ0) is 11.1. The monoisotopic (exact) mass is 213 g/mol. The number of nitrogen functional groups attached to an aromatic ring is 1. The first-order chi connectivity index (χ1) is 7.75. The first-order valence-corrected chi connectivity index (χ1v) is 5.97. The highest BCUT2D eigenvalue weighted by atomic mass is 14.7. The number of hydrogen-bond acceptors (Lipinski definition) is 1. The van der Waals surface area contributed by atoms with Crippen molar-refractivity contribution < 1.29 is 4.98 Å². The van der Waals surface area contributed by atoms with E-state index < -0.39 is 0 Å². The van der Waals surface area contributed by atoms with Gasteiger partial charge in [0.15, 0.2) is 5.69 Å². The molecule has 0 saturated carbocycles. The average molecular weight is 213 g/mol. The first kappa shape index (κ1) is 9.64. The van der Waals surface area contributed by atoms with Crippen molar-refractivity contribution in [3.63, 3.8) is 0 Å². The summed E-state index contributed by atoms with van der Waals surface area (Å²) in [5.74, 6) is 0.754. The van der Waals surface area contributed by atoms with Gasteiger partial charge in [0.1, 0.15) is 0 Å². The number of H-pyrrole nitrogens is 1. The molecular formula is C14H17N2+. The Hall–Kier alpha value is -1.57. The lowest BCUT2D eigenvalue weighted by Gasteiger charge is -2.19. The Kier molecular flexibility index (Phi) is 2.10. The summed E-state index contributed by atoms with van der Waals surface area (Å²) in [5, 5.41) is 1.16. The quantitative estimate of drug-likeness (QED) is 0.717. The molecule has 2 aromatic rings. The SMILES string of the molecule is C[C@@H]1CCc2[nH+]c3ccccc3c(N)c2C1. The fraction of sp³-hybridized carbons (Fsp3) is 0.357. The van der Waals surface area contributed by atoms with E-state index in [1.165, 1.54) is 17.7 Å². The van der Waals surface area contributed by atoms with Crippen molar-refractivity contribution in [2.75, 3.05) is 5.73 Å². The molecule has 0 amide bonds. The number of hydrogen-bond donors (Lipinski definition) is 1. The predicted molar refractivity (Wildman–Crippen MR) is 66.1 cm³/mol. The van der Waals surface area contributed by atoms with Crippen LogP contribution in [0.5, 0.6) is 0 Å². The summed E-state index contributed by atoms with van der Waals surface area (Å²) in [5.41, 5.74) is 11.1. The van der Waals surface area contributed by atoms with Crippen LogP contribution in [0.2, 0.25) is 0 Å². The van der Waals surface area contributed by atoms with Gasteiger partial charge in [0, 0.05) is 18.1 Å². The molecule has 16 heavy (non-hydrogen) atoms. The van der Waals surface area contributed by atoms with Gasteiger partial charge in [-0.15, -0.1) is 0 Å². The fourth-order valence-corrected chi connectivity index (χ4v) is 2.68. The van der Waals surface area contributed by atoms with E-state index in [4.69, 9.17) is 5.73 Å². The Bertz CT molecular complexity index is 546. The lowest BCUT2D eigenvalue weighted by Crippen LogP contribution is -2.24. The highest BCUT2D eigenvalue weighted by Gasteiger charge is 2.24. The number of aryl methyl sites for hydroxylation is 1. The topological polar surface area (TPSA) is 40.2 Å². The Labute approximate surface area is 95.5 Å². The normalized spacial score (nSPS) is 19.7. The third-order valence-electron chi connectivity index (χ3n) is 3.63. The van der Waals surface area contributed by atoms with E-state index in [0.717, 1.165) is 35.3 Å². The zero-order valence-corrected chi connectivity index (χ0v) is 9.59. The van der Waals surface area contributed by atoms with Crippen molar-refractivity contribution in [3.8, 4) is 0 Å². The molecule has 3 rings (SSSR count). The average Bonchev–Trinajstić information content (AvgIpc) is 2.31. The maximum absolute atomic E-state index is 6.28. The summed E-state index contributed by atoms with van der Waals surface area (Å²) in [6, 6.07) is 8.30. The summed E-state index contributed by atoms with van der Waals surface area (Å²) in [4.78, 5) is 3.53. The molecule has 1 aromatic heterocycles. The first-order valence-electron chi connectivity index (χ1n) is 5.97. The fourth-order valence-electron chi connectivity index (χ4n) is 2.68. The van der Waals surface area contributed by atoms with E-state index in [9.17, 15) is 0 Å². The number of anilines is 1. The third kappa shape index (κ3) is 1.37. The van der Waals surface area contributed by atoms with Gasteiger partial charge in [-0.1, -0.05) is 19.1 Å². The van der Waals surface area contributed by atoms with Crippen LogP contribution in [0.4, 0.5) is 5.69 Å². The van der Waals surface area contributed by atoms with Gasteiger partial charge in [0.05, 0.1) is 11.1 Å². The van der Waals surface area contributed by atoms with Crippen LogP contribution >= 0.6 is 0 Å². The van der Waals surface area contributed by atoms with Crippen LogP contribution < -0.4 is 10.7 Å². The van der Waals surface area contributed by atoms with Gasteiger partial charge in [-0.2, -0.15) is 0 Å². The Morgan fingerprint density at radius 2 is 2.12 bits per heavy atom. The summed E-state index contributed by atoms with van der Waals surface area (Å²) in [6.45, 7) is 2.30. The van der Waals surface area contributed by atoms with Gasteiger partial charge >= 0.3 is 0 Å². The second-order valence-electron chi connectivity index (χ2n) is 4.89. The van der Waals surface area contributed by atoms with Gasteiger partial charge in [-0.3, -0.25) is 0 Å². The van der Waals surface area contributed by atoms with Crippen molar-refractivity contribution in [3.05, 3.63) is 35.5 Å². The molecule has 82 valence electrons. The number of aromatic nitrogens is 1. The van der Waals surface area contributed by atoms with Crippen molar-refractivity contribution in [1.29, 1.82) is 0 Å². The highest BCUT2D eigenvalue weighted by molar-refractivity contribution is 5.89. The number of benzene rings is 1. The maximum atomic E-state index is 6.28. The molecule has 0 bridgehead atoms. The van der Waals surface area contributed by atoms with Crippen LogP contribution in [-0.4, -0.2) is 0 Å². The number of para-hydroxylation sites is 1. The maximum Gasteiger partial charge on any atom is 0.213 e. The lowest BCUT2D eigenvalue weighted by atomic mass is 9.86. The lowest BCUT2D eigenvalue weighted by molar-refractivity contribution is -0.359. The Morgan fingerprint density at radius 3 is 3.00 bits per heavy atom. The van der Waals surface area contributed by atoms with Gasteiger partial charge < -0.3 is 5.73 Å². The largest absolute Gasteiger partial charge is 0.398 e. The zero-order valence-electron chi connectivity index (χ0n) is 9.59. The van der Waals surface area contributed by atoms with Gasteiger partial charge in [0.25, 0.3) is 0 Å². The minimum Gasteiger partial charge on any atom is -0.398 e. The summed E-state index contributed by atoms with van der Waals surface area (Å²) < 4.78 is 0. The molecule has 1 aliphatic rings. The van der Waals surface area contributed by atoms with Crippen LogP contribution in [-0.2, 0) is 12.8 Å². The van der Waals surface area contributed by atoms with Crippen LogP contribution in [0, 0.1) is 5.92 Å². The number of nitrogens with two attached hydrogens (primary N) is 1. The molecule has 3 N–H and O–H groups in total. The second-order valence-corrected chi connectivity index (χ2v) is 4.89. The molecular weight excluding hydrogens is 196 g/mol. The molecule has 2 nitrogen and oxygen atoms in total. The van der Waals surface area contributed by atoms with Crippen molar-refractivity contribution >= 4 is 16.6 Å². The predicted octanol–water partition coefficient (Wildman–Crippen LogP) is 2.36. The van der Waals surface area contributed by atoms with E-state index in [1.54, 1.807) is 0 Å². The number of rotatable bonds is 0. The van der Waals surface area contributed by atoms with Crippen molar-refractivity contribution in [2.45, 2.75) is 26.2 Å². The third-order valence-corrected chi connectivity index (χ3v) is 3.63. The minimum atomic E-state index is 0.754. The summed E-state index contributed by atoms with van der Waals surface area (Å²) in [7, 11) is 0. The van der Waals surface area contributed by atoms with Crippen LogP contribution in [0.25, 0.3) is 10.9 Å². The number of pyridine rings is 1.